The van der Waals surface area contributed by atoms with Gasteiger partial charge in [-0.05, 0) is 88.2 Å². The maximum Gasteiger partial charge on any atom is 0.322 e. The van der Waals surface area contributed by atoms with E-state index >= 15 is 0 Å². The van der Waals surface area contributed by atoms with Crippen LogP contribution in [0.5, 0.6) is 0 Å². The zero-order valence-corrected chi connectivity index (χ0v) is 26.1. The number of nitrogens with zero attached hydrogens (tertiary/aromatic N) is 5. The number of pyridine rings is 1. The van der Waals surface area contributed by atoms with Crippen molar-refractivity contribution in [1.29, 1.82) is 5.26 Å². The first-order chi connectivity index (χ1) is 21.8. The van der Waals surface area contributed by atoms with Crippen LogP contribution in [0.15, 0.2) is 79.5 Å². The first-order valence-corrected chi connectivity index (χ1v) is 15.6. The van der Waals surface area contributed by atoms with Crippen LogP contribution >= 0.6 is 0 Å². The molecule has 1 saturated heterocycles. The van der Waals surface area contributed by atoms with Crippen molar-refractivity contribution in [3.05, 3.63) is 90.6 Å². The molecule has 45 heavy (non-hydrogen) atoms. The number of likely N-dealkylation sites (N-methyl/N-ethyl adjacent to an activating group) is 1. The van der Waals surface area contributed by atoms with E-state index in [2.05, 4.69) is 57.5 Å². The Morgan fingerprint density at radius 1 is 1.04 bits per heavy atom. The molecule has 3 N–H and O–H groups in total. The largest absolute Gasteiger partial charge is 0.368 e. The Morgan fingerprint density at radius 3 is 2.47 bits per heavy atom. The SMILES string of the molecule is C=CC(=O)Nc1cc(N(C(=O)NCc2ccccc2)C2CCC(Nc3ccc(C#N)cn3)CC2)ccc1N1CCC(N(C)C)C1. The zero-order chi connectivity index (χ0) is 31.8. The van der Waals surface area contributed by atoms with Crippen molar-refractivity contribution in [1.82, 2.24) is 15.2 Å². The number of hydrogen-bond donors (Lipinski definition) is 3. The van der Waals surface area contributed by atoms with Gasteiger partial charge in [0.05, 0.1) is 16.9 Å². The molecule has 2 fully saturated rings. The summed E-state index contributed by atoms with van der Waals surface area (Å²) in [6.07, 6.45) is 7.16. The topological polar surface area (TPSA) is 117 Å². The van der Waals surface area contributed by atoms with Gasteiger partial charge in [0.15, 0.2) is 0 Å². The van der Waals surface area contributed by atoms with E-state index in [1.54, 1.807) is 12.3 Å². The number of anilines is 4. The molecule has 3 amide bonds. The fraction of sp³-hybridized carbons (Fsp3) is 0.371. The highest BCUT2D eigenvalue weighted by Gasteiger charge is 2.32. The maximum atomic E-state index is 13.9. The normalized spacial score (nSPS) is 19.4. The van der Waals surface area contributed by atoms with Crippen LogP contribution in [0, 0.1) is 11.3 Å². The summed E-state index contributed by atoms with van der Waals surface area (Å²) >= 11 is 0. The number of benzene rings is 2. The second-order valence-corrected chi connectivity index (χ2v) is 12.0. The average molecular weight is 607 g/mol. The van der Waals surface area contributed by atoms with Gasteiger partial charge < -0.3 is 25.8 Å². The van der Waals surface area contributed by atoms with E-state index in [1.165, 1.54) is 6.08 Å². The molecular formula is C35H42N8O2. The number of amides is 3. The van der Waals surface area contributed by atoms with Crippen molar-refractivity contribution in [3.8, 4) is 6.07 Å². The fourth-order valence-electron chi connectivity index (χ4n) is 6.20. The molecule has 1 aromatic heterocycles. The highest BCUT2D eigenvalue weighted by Crippen LogP contribution is 2.36. The first kappa shape index (κ1) is 31.5. The Balaban J connectivity index is 1.38. The number of nitrogens with one attached hydrogen (secondary N) is 3. The first-order valence-electron chi connectivity index (χ1n) is 15.6. The Morgan fingerprint density at radius 2 is 1.82 bits per heavy atom. The molecule has 0 bridgehead atoms. The summed E-state index contributed by atoms with van der Waals surface area (Å²) < 4.78 is 0. The monoisotopic (exact) mass is 606 g/mol. The molecule has 1 saturated carbocycles. The molecule has 5 rings (SSSR count). The molecule has 1 unspecified atom stereocenters. The molecule has 3 aromatic rings. The lowest BCUT2D eigenvalue weighted by atomic mass is 9.89. The fourth-order valence-corrected chi connectivity index (χ4v) is 6.20. The number of hydrogen-bond acceptors (Lipinski definition) is 7. The summed E-state index contributed by atoms with van der Waals surface area (Å²) in [6.45, 7) is 5.80. The molecule has 2 aliphatic rings. The number of nitriles is 1. The lowest BCUT2D eigenvalue weighted by molar-refractivity contribution is -0.111. The molecule has 10 nitrogen and oxygen atoms in total. The summed E-state index contributed by atoms with van der Waals surface area (Å²) in [5, 5.41) is 18.7. The minimum Gasteiger partial charge on any atom is -0.368 e. The van der Waals surface area contributed by atoms with Crippen LogP contribution in [0.1, 0.15) is 43.2 Å². The third-order valence-electron chi connectivity index (χ3n) is 8.75. The minimum atomic E-state index is -0.292. The second kappa shape index (κ2) is 14.7. The van der Waals surface area contributed by atoms with Gasteiger partial charge in [-0.15, -0.1) is 0 Å². The van der Waals surface area contributed by atoms with Gasteiger partial charge in [-0.1, -0.05) is 36.9 Å². The maximum absolute atomic E-state index is 13.9. The van der Waals surface area contributed by atoms with Gasteiger partial charge in [0.2, 0.25) is 5.91 Å². The van der Waals surface area contributed by atoms with Gasteiger partial charge in [-0.3, -0.25) is 9.69 Å². The molecule has 1 atom stereocenters. The third-order valence-corrected chi connectivity index (χ3v) is 8.75. The Bertz CT molecular complexity index is 1510. The highest BCUT2D eigenvalue weighted by atomic mass is 16.2. The number of carbonyl (C=O) groups is 2. The molecule has 0 radical (unpaired) electrons. The number of urea groups is 1. The number of rotatable bonds is 10. The van der Waals surface area contributed by atoms with Crippen LogP contribution in [0.4, 0.5) is 27.7 Å². The van der Waals surface area contributed by atoms with Gasteiger partial charge in [-0.2, -0.15) is 5.26 Å². The summed E-state index contributed by atoms with van der Waals surface area (Å²) in [7, 11) is 4.18. The van der Waals surface area contributed by atoms with Crippen LogP contribution in [0.2, 0.25) is 0 Å². The minimum absolute atomic E-state index is 0.0357. The zero-order valence-electron chi connectivity index (χ0n) is 26.1. The van der Waals surface area contributed by atoms with Crippen LogP contribution in [0.25, 0.3) is 0 Å². The molecule has 1 aliphatic heterocycles. The van der Waals surface area contributed by atoms with Gasteiger partial charge in [-0.25, -0.2) is 9.78 Å². The third kappa shape index (κ3) is 7.99. The molecule has 234 valence electrons. The van der Waals surface area contributed by atoms with Crippen molar-refractivity contribution in [2.45, 2.75) is 56.8 Å². The Hall–Kier alpha value is -4.88. The smallest absolute Gasteiger partial charge is 0.322 e. The lowest BCUT2D eigenvalue weighted by Gasteiger charge is -2.37. The van der Waals surface area contributed by atoms with E-state index in [0.29, 0.717) is 23.8 Å². The van der Waals surface area contributed by atoms with Crippen molar-refractivity contribution >= 4 is 34.8 Å². The van der Waals surface area contributed by atoms with Gasteiger partial charge >= 0.3 is 6.03 Å². The van der Waals surface area contributed by atoms with Gasteiger partial charge in [0, 0.05) is 49.6 Å². The predicted octanol–water partition coefficient (Wildman–Crippen LogP) is 5.36. The summed E-state index contributed by atoms with van der Waals surface area (Å²) in [6, 6.07) is 21.9. The van der Waals surface area contributed by atoms with Crippen molar-refractivity contribution in [3.63, 3.8) is 0 Å². The predicted molar refractivity (Wildman–Crippen MR) is 179 cm³/mol. The van der Waals surface area contributed by atoms with E-state index in [1.807, 2.05) is 59.5 Å². The van der Waals surface area contributed by atoms with E-state index in [9.17, 15) is 9.59 Å². The van der Waals surface area contributed by atoms with Gasteiger partial charge in [0.25, 0.3) is 0 Å². The summed E-state index contributed by atoms with van der Waals surface area (Å²) in [5.41, 5.74) is 3.88. The quantitative estimate of drug-likeness (QED) is 0.266. The molecular weight excluding hydrogens is 564 g/mol. The van der Waals surface area contributed by atoms with Crippen LogP contribution in [0.3, 0.4) is 0 Å². The Labute approximate surface area is 265 Å². The van der Waals surface area contributed by atoms with Crippen molar-refractivity contribution in [2.75, 3.05) is 47.6 Å². The molecule has 2 heterocycles. The molecule has 1 aliphatic carbocycles. The standard InChI is InChI=1S/C35H42N8O2/c1-4-34(44)40-31-20-29(15-16-32(31)42-19-18-30(24-42)41(2)3)43(35(45)38-22-25-8-6-5-7-9-25)28-13-11-27(12-14-28)39-33-17-10-26(21-36)23-37-33/h4-10,15-17,20,23,27-28,30H,1,11-14,18-19,22,24H2,2-3H3,(H,37,39)(H,38,45)(H,40,44). The number of carbonyl (C=O) groups excluding carboxylic acids is 2. The van der Waals surface area contributed by atoms with Crippen LogP contribution < -0.4 is 25.8 Å². The number of aromatic nitrogens is 1. The van der Waals surface area contributed by atoms with E-state index in [4.69, 9.17) is 5.26 Å². The molecule has 10 heteroatoms. The molecule has 2 aromatic carbocycles. The van der Waals surface area contributed by atoms with Gasteiger partial charge in [0.1, 0.15) is 11.9 Å². The van der Waals surface area contributed by atoms with E-state index < -0.39 is 0 Å². The van der Waals surface area contributed by atoms with Crippen molar-refractivity contribution in [2.24, 2.45) is 0 Å². The lowest BCUT2D eigenvalue weighted by Crippen LogP contribution is -2.48. The summed E-state index contributed by atoms with van der Waals surface area (Å²) in [4.78, 5) is 37.2. The van der Waals surface area contributed by atoms with Crippen molar-refractivity contribution < 1.29 is 9.59 Å². The van der Waals surface area contributed by atoms with E-state index in [0.717, 1.165) is 67.9 Å². The average Bonchev–Trinajstić information content (AvgIpc) is 3.56. The Kier molecular flexibility index (Phi) is 10.3. The van der Waals surface area contributed by atoms with E-state index in [-0.39, 0.29) is 24.0 Å². The second-order valence-electron chi connectivity index (χ2n) is 12.0. The van der Waals surface area contributed by atoms with Crippen LogP contribution in [-0.4, -0.2) is 67.1 Å². The van der Waals surface area contributed by atoms with Crippen LogP contribution in [-0.2, 0) is 11.3 Å². The summed E-state index contributed by atoms with van der Waals surface area (Å²) in [5.74, 6) is 0.450. The highest BCUT2D eigenvalue weighted by molar-refractivity contribution is 6.02. The molecule has 0 spiro atoms.